The summed E-state index contributed by atoms with van der Waals surface area (Å²) in [4.78, 5) is 10.9. The van der Waals surface area contributed by atoms with E-state index in [1.807, 2.05) is 27.7 Å². The number of rotatable bonds is 7. The van der Waals surface area contributed by atoms with E-state index in [2.05, 4.69) is 6.92 Å². The molecule has 0 atom stereocenters. The number of carbonyl (C=O) groups excluding carboxylic acids is 1. The molecule has 0 heterocycles. The van der Waals surface area contributed by atoms with Crippen molar-refractivity contribution in [1.82, 2.24) is 0 Å². The first-order valence-electron chi connectivity index (χ1n) is 7.98. The highest BCUT2D eigenvalue weighted by atomic mass is 19.1. The molecule has 0 unspecified atom stereocenters. The molecule has 0 radical (unpaired) electrons. The van der Waals surface area contributed by atoms with Crippen LogP contribution in [-0.2, 0) is 0 Å². The first-order chi connectivity index (χ1) is 10.6. The Morgan fingerprint density at radius 2 is 1.68 bits per heavy atom. The maximum Gasteiger partial charge on any atom is 0.254 e. The first kappa shape index (κ1) is 22.6. The van der Waals surface area contributed by atoms with Crippen LogP contribution < -0.4 is 10.5 Å². The molecule has 0 aliphatic carbocycles. The van der Waals surface area contributed by atoms with Crippen LogP contribution in [0.25, 0.3) is 0 Å². The fourth-order valence-corrected chi connectivity index (χ4v) is 1.58. The molecular weight excluding hydrogens is 288 g/mol. The zero-order valence-electron chi connectivity index (χ0n) is 14.3. The van der Waals surface area contributed by atoms with Crippen LogP contribution in [0.2, 0.25) is 0 Å². The molecule has 0 aliphatic heterocycles. The molecule has 0 spiro atoms. The largest absolute Gasteiger partial charge is 0.490 e. The van der Waals surface area contributed by atoms with Crippen molar-refractivity contribution in [3.63, 3.8) is 0 Å². The van der Waals surface area contributed by atoms with E-state index in [0.717, 1.165) is 37.8 Å². The van der Waals surface area contributed by atoms with Crippen LogP contribution in [0.5, 0.6) is 5.75 Å². The Kier molecular flexibility index (Phi) is 14.7. The molecule has 1 rings (SSSR count). The highest BCUT2D eigenvalue weighted by Crippen LogP contribution is 2.23. The summed E-state index contributed by atoms with van der Waals surface area (Å²) in [6.45, 7) is 10.4. The van der Waals surface area contributed by atoms with Crippen molar-refractivity contribution in [2.45, 2.75) is 60.3 Å². The van der Waals surface area contributed by atoms with Crippen molar-refractivity contribution < 1.29 is 18.3 Å². The van der Waals surface area contributed by atoms with Crippen molar-refractivity contribution in [2.24, 2.45) is 5.73 Å². The second-order valence-electron chi connectivity index (χ2n) is 4.01. The Bertz CT molecular complexity index is 423. The monoisotopic (exact) mass is 317 g/mol. The van der Waals surface area contributed by atoms with Gasteiger partial charge in [0.05, 0.1) is 6.61 Å². The molecule has 0 aliphatic rings. The summed E-state index contributed by atoms with van der Waals surface area (Å²) >= 11 is 0. The number of unbranched alkanes of at least 4 members (excludes halogenated alkanes) is 3. The Morgan fingerprint density at radius 1 is 1.09 bits per heavy atom. The predicted octanol–water partition coefficient (Wildman–Crippen LogP) is 5.08. The number of amides is 1. The fourth-order valence-electron chi connectivity index (χ4n) is 1.58. The van der Waals surface area contributed by atoms with Gasteiger partial charge in [-0.25, -0.2) is 8.78 Å². The van der Waals surface area contributed by atoms with Crippen LogP contribution in [0.15, 0.2) is 12.1 Å². The molecule has 0 bridgehead atoms. The second kappa shape index (κ2) is 14.3. The lowest BCUT2D eigenvalue weighted by molar-refractivity contribution is 0.0991. The number of primary amides is 1. The smallest absolute Gasteiger partial charge is 0.254 e. The maximum atomic E-state index is 13.7. The summed E-state index contributed by atoms with van der Waals surface area (Å²) in [7, 11) is 0. The van der Waals surface area contributed by atoms with Gasteiger partial charge < -0.3 is 10.5 Å². The number of hydrogen-bond donors (Lipinski definition) is 1. The van der Waals surface area contributed by atoms with Gasteiger partial charge in [-0.1, -0.05) is 53.9 Å². The zero-order valence-corrected chi connectivity index (χ0v) is 14.3. The number of halogens is 2. The quantitative estimate of drug-likeness (QED) is 0.713. The molecule has 22 heavy (non-hydrogen) atoms. The average molecular weight is 317 g/mol. The van der Waals surface area contributed by atoms with Gasteiger partial charge in [0.25, 0.3) is 5.91 Å². The summed E-state index contributed by atoms with van der Waals surface area (Å²) in [5.74, 6) is -3.28. The van der Waals surface area contributed by atoms with Gasteiger partial charge in [-0.15, -0.1) is 0 Å². The Morgan fingerprint density at radius 3 is 2.18 bits per heavy atom. The van der Waals surface area contributed by atoms with Gasteiger partial charge in [-0.05, 0) is 18.6 Å². The third kappa shape index (κ3) is 7.96. The van der Waals surface area contributed by atoms with Crippen LogP contribution in [-0.4, -0.2) is 12.5 Å². The van der Waals surface area contributed by atoms with Gasteiger partial charge in [-0.3, -0.25) is 4.79 Å². The fraction of sp³-hybridized carbons (Fsp3) is 0.588. The van der Waals surface area contributed by atoms with Crippen molar-refractivity contribution in [1.29, 1.82) is 0 Å². The topological polar surface area (TPSA) is 52.3 Å². The minimum absolute atomic E-state index is 0.137. The van der Waals surface area contributed by atoms with E-state index in [1.165, 1.54) is 0 Å². The molecule has 3 nitrogen and oxygen atoms in total. The SMILES string of the molecule is CC.CC.CCCCCCOc1ccc(F)c(C(N)=O)c1F. The summed E-state index contributed by atoms with van der Waals surface area (Å²) in [5.41, 5.74) is 4.16. The third-order valence-electron chi connectivity index (χ3n) is 2.56. The van der Waals surface area contributed by atoms with Gasteiger partial charge in [0, 0.05) is 0 Å². The number of hydrogen-bond acceptors (Lipinski definition) is 2. The molecule has 128 valence electrons. The molecule has 0 saturated carbocycles. The zero-order chi connectivity index (χ0) is 17.5. The lowest BCUT2D eigenvalue weighted by Gasteiger charge is -2.09. The Balaban J connectivity index is 0. The van der Waals surface area contributed by atoms with Gasteiger partial charge in [0.2, 0.25) is 0 Å². The van der Waals surface area contributed by atoms with Crippen LogP contribution in [0.4, 0.5) is 8.78 Å². The Hall–Kier alpha value is -1.65. The number of nitrogens with two attached hydrogens (primary N) is 1. The number of carbonyl (C=O) groups is 1. The lowest BCUT2D eigenvalue weighted by Crippen LogP contribution is -2.16. The van der Waals surface area contributed by atoms with Crippen molar-refractivity contribution >= 4 is 5.91 Å². The van der Waals surface area contributed by atoms with Gasteiger partial charge in [0.15, 0.2) is 11.6 Å². The van der Waals surface area contributed by atoms with E-state index >= 15 is 0 Å². The van der Waals surface area contributed by atoms with Gasteiger partial charge >= 0.3 is 0 Å². The van der Waals surface area contributed by atoms with Crippen molar-refractivity contribution in [2.75, 3.05) is 6.61 Å². The number of benzene rings is 1. The Labute approximate surface area is 132 Å². The molecule has 1 aromatic rings. The minimum atomic E-state index is -1.14. The lowest BCUT2D eigenvalue weighted by atomic mass is 10.1. The average Bonchev–Trinajstić information content (AvgIpc) is 2.53. The highest BCUT2D eigenvalue weighted by Gasteiger charge is 2.18. The number of ether oxygens (including phenoxy) is 1. The van der Waals surface area contributed by atoms with E-state index in [1.54, 1.807) is 0 Å². The van der Waals surface area contributed by atoms with E-state index in [4.69, 9.17) is 10.5 Å². The molecule has 2 N–H and O–H groups in total. The summed E-state index contributed by atoms with van der Waals surface area (Å²) in [6, 6.07) is 2.14. The second-order valence-corrected chi connectivity index (χ2v) is 4.01. The van der Waals surface area contributed by atoms with E-state index in [9.17, 15) is 13.6 Å². The van der Waals surface area contributed by atoms with E-state index < -0.39 is 23.1 Å². The van der Waals surface area contributed by atoms with Crippen LogP contribution in [0.3, 0.4) is 0 Å². The summed E-state index contributed by atoms with van der Waals surface area (Å²) in [5, 5.41) is 0. The van der Waals surface area contributed by atoms with Crippen LogP contribution >= 0.6 is 0 Å². The molecule has 0 fully saturated rings. The highest BCUT2D eigenvalue weighted by molar-refractivity contribution is 5.93. The normalized spacial score (nSPS) is 9.05. The predicted molar refractivity (Wildman–Crippen MR) is 87.2 cm³/mol. The van der Waals surface area contributed by atoms with Crippen molar-refractivity contribution in [3.8, 4) is 5.75 Å². The van der Waals surface area contributed by atoms with E-state index in [0.29, 0.717) is 6.61 Å². The minimum Gasteiger partial charge on any atom is -0.490 e. The summed E-state index contributed by atoms with van der Waals surface area (Å²) in [6.07, 6.45) is 3.96. The van der Waals surface area contributed by atoms with Crippen LogP contribution in [0.1, 0.15) is 70.7 Å². The van der Waals surface area contributed by atoms with Crippen molar-refractivity contribution in [3.05, 3.63) is 29.3 Å². The van der Waals surface area contributed by atoms with Gasteiger partial charge in [-0.2, -0.15) is 0 Å². The van der Waals surface area contributed by atoms with Gasteiger partial charge in [0.1, 0.15) is 11.4 Å². The first-order valence-corrected chi connectivity index (χ1v) is 7.98. The van der Waals surface area contributed by atoms with Crippen LogP contribution in [0, 0.1) is 11.6 Å². The molecule has 0 saturated heterocycles. The third-order valence-corrected chi connectivity index (χ3v) is 2.56. The molecule has 1 amide bonds. The molecule has 5 heteroatoms. The standard InChI is InChI=1S/C13H17F2NO2.2C2H6/c1-2-3-4-5-8-18-10-7-6-9(14)11(12(10)15)13(16)17;2*1-2/h6-7H,2-5,8H2,1H3,(H2,16,17);2*1-2H3. The molecule has 1 aromatic carbocycles. The molecular formula is C17H29F2NO2. The molecule has 0 aromatic heterocycles. The maximum absolute atomic E-state index is 13.7. The van der Waals surface area contributed by atoms with E-state index in [-0.39, 0.29) is 5.75 Å². The summed E-state index contributed by atoms with van der Waals surface area (Å²) < 4.78 is 32.0.